The Bertz CT molecular complexity index is 970. The lowest BCUT2D eigenvalue weighted by Gasteiger charge is -2.29. The van der Waals surface area contributed by atoms with E-state index >= 15 is 0 Å². The maximum Gasteiger partial charge on any atom is 0.129 e. The molecule has 0 unspecified atom stereocenters. The van der Waals surface area contributed by atoms with E-state index in [4.69, 9.17) is 4.74 Å². The summed E-state index contributed by atoms with van der Waals surface area (Å²) in [6, 6.07) is 14.6. The molecular weight excluding hydrogens is 388 g/mol. The second-order valence-corrected chi connectivity index (χ2v) is 7.93. The molecule has 162 valence electrons. The van der Waals surface area contributed by atoms with Gasteiger partial charge in [0.2, 0.25) is 0 Å². The van der Waals surface area contributed by atoms with E-state index in [0.29, 0.717) is 6.04 Å². The molecule has 7 nitrogen and oxygen atoms in total. The number of rotatable bonds is 8. The number of nitrogens with one attached hydrogen (secondary N) is 2. The van der Waals surface area contributed by atoms with Crippen LogP contribution in [0.5, 0.6) is 5.75 Å². The number of nitrogens with zero attached hydrogens (tertiary/aromatic N) is 4. The van der Waals surface area contributed by atoms with E-state index in [0.717, 1.165) is 67.5 Å². The van der Waals surface area contributed by atoms with Gasteiger partial charge >= 0.3 is 0 Å². The highest BCUT2D eigenvalue weighted by atomic mass is 16.5. The fraction of sp³-hybridized carbons (Fsp3) is 0.375. The van der Waals surface area contributed by atoms with Crippen LogP contribution < -0.4 is 15.4 Å². The van der Waals surface area contributed by atoms with Crippen molar-refractivity contribution in [3.05, 3.63) is 60.6 Å². The second-order valence-electron chi connectivity index (χ2n) is 7.93. The summed E-state index contributed by atoms with van der Waals surface area (Å²) in [4.78, 5) is 15.7. The Labute approximate surface area is 183 Å². The van der Waals surface area contributed by atoms with E-state index in [1.165, 1.54) is 5.56 Å². The van der Waals surface area contributed by atoms with Gasteiger partial charge in [0.25, 0.3) is 0 Å². The summed E-state index contributed by atoms with van der Waals surface area (Å²) in [6.45, 7) is 3.02. The third kappa shape index (κ3) is 5.70. The van der Waals surface area contributed by atoms with Crippen molar-refractivity contribution >= 4 is 11.6 Å². The zero-order valence-electron chi connectivity index (χ0n) is 18.2. The molecule has 2 aromatic heterocycles. The molecule has 1 aliphatic rings. The quantitative estimate of drug-likeness (QED) is 0.578. The van der Waals surface area contributed by atoms with Gasteiger partial charge in [-0.3, -0.25) is 0 Å². The maximum atomic E-state index is 5.42. The van der Waals surface area contributed by atoms with Gasteiger partial charge in [-0.1, -0.05) is 18.2 Å². The topological polar surface area (TPSA) is 75.2 Å². The smallest absolute Gasteiger partial charge is 0.129 e. The third-order valence-electron chi connectivity index (χ3n) is 5.69. The van der Waals surface area contributed by atoms with Gasteiger partial charge in [0, 0.05) is 30.4 Å². The minimum absolute atomic E-state index is 0.493. The lowest BCUT2D eigenvalue weighted by Crippen LogP contribution is -2.36. The van der Waals surface area contributed by atoms with Crippen LogP contribution in [0.2, 0.25) is 0 Å². The molecule has 4 rings (SSSR count). The summed E-state index contributed by atoms with van der Waals surface area (Å²) in [5.74, 6) is 2.63. The van der Waals surface area contributed by atoms with Crippen molar-refractivity contribution in [1.82, 2.24) is 19.9 Å². The minimum atomic E-state index is 0.493. The van der Waals surface area contributed by atoms with Gasteiger partial charge in [-0.15, -0.1) is 0 Å². The largest absolute Gasteiger partial charge is 0.496 e. The number of benzene rings is 1. The molecule has 0 spiro atoms. The van der Waals surface area contributed by atoms with Crippen molar-refractivity contribution in [1.29, 1.82) is 0 Å². The molecule has 7 heteroatoms. The Morgan fingerprint density at radius 3 is 2.65 bits per heavy atom. The molecule has 1 aliphatic heterocycles. The van der Waals surface area contributed by atoms with Crippen LogP contribution >= 0.6 is 0 Å². The Morgan fingerprint density at radius 2 is 1.87 bits per heavy atom. The number of methoxy groups -OCH3 is 1. The number of hydrogen-bond donors (Lipinski definition) is 2. The summed E-state index contributed by atoms with van der Waals surface area (Å²) in [6.07, 6.45) is 6.61. The van der Waals surface area contributed by atoms with Crippen molar-refractivity contribution in [2.75, 3.05) is 44.4 Å². The van der Waals surface area contributed by atoms with Crippen LogP contribution in [-0.2, 0) is 6.42 Å². The van der Waals surface area contributed by atoms with E-state index < -0.39 is 0 Å². The van der Waals surface area contributed by atoms with E-state index in [9.17, 15) is 0 Å². The molecule has 0 atom stereocenters. The van der Waals surface area contributed by atoms with Crippen molar-refractivity contribution in [2.45, 2.75) is 25.3 Å². The SMILES string of the molecule is COc1ccccc1CCNc1cc(-c2ccc(NC3CCN(C)CC3)nc2)ncn1. The van der Waals surface area contributed by atoms with Crippen molar-refractivity contribution in [3.8, 4) is 17.0 Å². The molecule has 1 aromatic carbocycles. The molecule has 0 amide bonds. The second kappa shape index (κ2) is 10.2. The van der Waals surface area contributed by atoms with E-state index in [1.54, 1.807) is 13.4 Å². The van der Waals surface area contributed by atoms with Gasteiger partial charge in [0.05, 0.1) is 12.8 Å². The number of likely N-dealkylation sites (tertiary alicyclic amines) is 1. The Morgan fingerprint density at radius 1 is 1.03 bits per heavy atom. The predicted octanol–water partition coefficient (Wildman–Crippen LogP) is 3.71. The molecule has 2 N–H and O–H groups in total. The summed E-state index contributed by atoms with van der Waals surface area (Å²) < 4.78 is 5.42. The maximum absolute atomic E-state index is 5.42. The zero-order chi connectivity index (χ0) is 21.5. The summed E-state index contributed by atoms with van der Waals surface area (Å²) in [5.41, 5.74) is 3.00. The molecule has 0 saturated carbocycles. The van der Waals surface area contributed by atoms with Crippen molar-refractivity contribution in [3.63, 3.8) is 0 Å². The van der Waals surface area contributed by atoms with Crippen LogP contribution in [0.3, 0.4) is 0 Å². The van der Waals surface area contributed by atoms with E-state index in [-0.39, 0.29) is 0 Å². The van der Waals surface area contributed by atoms with Gasteiger partial charge < -0.3 is 20.3 Å². The number of para-hydroxylation sites is 1. The number of hydrogen-bond acceptors (Lipinski definition) is 7. The summed E-state index contributed by atoms with van der Waals surface area (Å²) in [5, 5.41) is 6.93. The fourth-order valence-electron chi connectivity index (χ4n) is 3.84. The van der Waals surface area contributed by atoms with Gasteiger partial charge in [-0.2, -0.15) is 0 Å². The Kier molecular flexibility index (Phi) is 6.94. The van der Waals surface area contributed by atoms with Crippen LogP contribution in [0.1, 0.15) is 18.4 Å². The molecule has 3 aromatic rings. The molecule has 1 saturated heterocycles. The number of anilines is 2. The van der Waals surface area contributed by atoms with Gasteiger partial charge in [-0.05, 0) is 63.2 Å². The van der Waals surface area contributed by atoms with Crippen molar-refractivity contribution < 1.29 is 4.74 Å². The van der Waals surface area contributed by atoms with Gasteiger partial charge in [0.1, 0.15) is 23.7 Å². The highest BCUT2D eigenvalue weighted by molar-refractivity contribution is 5.62. The molecule has 0 aliphatic carbocycles. The zero-order valence-corrected chi connectivity index (χ0v) is 18.2. The van der Waals surface area contributed by atoms with Crippen LogP contribution in [0.4, 0.5) is 11.6 Å². The first-order valence-electron chi connectivity index (χ1n) is 10.8. The summed E-state index contributed by atoms with van der Waals surface area (Å²) >= 11 is 0. The first kappa shape index (κ1) is 21.1. The van der Waals surface area contributed by atoms with Crippen LogP contribution in [0.25, 0.3) is 11.3 Å². The lowest BCUT2D eigenvalue weighted by molar-refractivity contribution is 0.263. The molecule has 3 heterocycles. The van der Waals surface area contributed by atoms with Gasteiger partial charge in [-0.25, -0.2) is 15.0 Å². The molecular formula is C24H30N6O. The number of piperidine rings is 1. The Balaban J connectivity index is 1.34. The number of pyridine rings is 1. The van der Waals surface area contributed by atoms with Gasteiger partial charge in [0.15, 0.2) is 0 Å². The summed E-state index contributed by atoms with van der Waals surface area (Å²) in [7, 11) is 3.87. The van der Waals surface area contributed by atoms with Crippen LogP contribution in [0, 0.1) is 0 Å². The fourth-order valence-corrected chi connectivity index (χ4v) is 3.84. The van der Waals surface area contributed by atoms with E-state index in [1.807, 2.05) is 36.5 Å². The standard InChI is InChI=1S/C24H30N6O/c1-30-13-10-20(11-14-30)29-23-8-7-19(16-26-23)21-15-24(28-17-27-21)25-12-9-18-5-3-4-6-22(18)31-2/h3-8,15-17,20H,9-14H2,1-2H3,(H,26,29)(H,25,27,28). The minimum Gasteiger partial charge on any atom is -0.496 e. The monoisotopic (exact) mass is 418 g/mol. The Hall–Kier alpha value is -3.19. The average Bonchev–Trinajstić information content (AvgIpc) is 2.82. The normalized spacial score (nSPS) is 14.9. The average molecular weight is 419 g/mol. The van der Waals surface area contributed by atoms with Crippen molar-refractivity contribution in [2.24, 2.45) is 0 Å². The van der Waals surface area contributed by atoms with Crippen LogP contribution in [-0.4, -0.2) is 59.7 Å². The highest BCUT2D eigenvalue weighted by Crippen LogP contribution is 2.21. The van der Waals surface area contributed by atoms with E-state index in [2.05, 4.69) is 49.7 Å². The highest BCUT2D eigenvalue weighted by Gasteiger charge is 2.16. The first-order valence-corrected chi connectivity index (χ1v) is 10.8. The molecule has 1 fully saturated rings. The van der Waals surface area contributed by atoms with Crippen LogP contribution in [0.15, 0.2) is 55.0 Å². The molecule has 31 heavy (non-hydrogen) atoms. The number of aromatic nitrogens is 3. The number of ether oxygens (including phenoxy) is 1. The first-order chi connectivity index (χ1) is 15.2. The molecule has 0 radical (unpaired) electrons. The third-order valence-corrected chi connectivity index (χ3v) is 5.69. The lowest BCUT2D eigenvalue weighted by atomic mass is 10.1. The predicted molar refractivity (Wildman–Crippen MR) is 125 cm³/mol. The molecule has 0 bridgehead atoms.